The van der Waals surface area contributed by atoms with Crippen molar-refractivity contribution in [3.05, 3.63) is 28.3 Å². The molecule has 1 atom stereocenters. The van der Waals surface area contributed by atoms with Crippen LogP contribution in [0.15, 0.2) is 17.0 Å². The van der Waals surface area contributed by atoms with Crippen molar-refractivity contribution >= 4 is 39.0 Å². The molecule has 0 spiro atoms. The van der Waals surface area contributed by atoms with Crippen LogP contribution in [0.25, 0.3) is 0 Å². The van der Waals surface area contributed by atoms with E-state index in [1.807, 2.05) is 0 Å². The molecule has 1 saturated carbocycles. The van der Waals surface area contributed by atoms with E-state index in [1.54, 1.807) is 19.1 Å². The zero-order valence-corrected chi connectivity index (χ0v) is 16.9. The van der Waals surface area contributed by atoms with Gasteiger partial charge in [0.05, 0.1) is 11.5 Å². The molecular weight excluding hydrogens is 383 g/mol. The number of carbonyl (C=O) groups is 1. The number of hydrogen-bond donors (Lipinski definition) is 0. The molecule has 1 aliphatic rings. The first-order valence-electron chi connectivity index (χ1n) is 8.57. The van der Waals surface area contributed by atoms with Gasteiger partial charge in [0.15, 0.2) is 9.84 Å². The van der Waals surface area contributed by atoms with Crippen molar-refractivity contribution in [1.29, 1.82) is 0 Å². The summed E-state index contributed by atoms with van der Waals surface area (Å²) in [4.78, 5) is 12.0. The van der Waals surface area contributed by atoms with E-state index in [0.29, 0.717) is 10.6 Å². The highest BCUT2D eigenvalue weighted by molar-refractivity contribution is 7.90. The van der Waals surface area contributed by atoms with E-state index in [1.165, 1.54) is 12.7 Å². The topological polar surface area (TPSA) is 60.4 Å². The maximum Gasteiger partial charge on any atom is 0.324 e. The Labute approximate surface area is 159 Å². The summed E-state index contributed by atoms with van der Waals surface area (Å²) in [6.45, 7) is 1.96. The van der Waals surface area contributed by atoms with Crippen LogP contribution in [-0.4, -0.2) is 32.6 Å². The predicted molar refractivity (Wildman–Crippen MR) is 100 cm³/mol. The Morgan fingerprint density at radius 1 is 1.28 bits per heavy atom. The lowest BCUT2D eigenvalue weighted by molar-refractivity contribution is -0.142. The van der Waals surface area contributed by atoms with Crippen LogP contribution in [0.4, 0.5) is 0 Å². The van der Waals surface area contributed by atoms with Gasteiger partial charge in [0.1, 0.15) is 5.38 Å². The second-order valence-corrected chi connectivity index (χ2v) is 9.44. The SMILES string of the molecule is CCOC(=O)C(Cl)Cc1cc(Cl)c(C2CCCCC2)c(S(C)(=O)=O)c1. The second kappa shape index (κ2) is 8.74. The van der Waals surface area contributed by atoms with Gasteiger partial charge in [-0.05, 0) is 55.4 Å². The van der Waals surface area contributed by atoms with Crippen LogP contribution in [0, 0.1) is 0 Å². The highest BCUT2D eigenvalue weighted by Crippen LogP contribution is 2.40. The van der Waals surface area contributed by atoms with Crippen molar-refractivity contribution < 1.29 is 17.9 Å². The number of rotatable bonds is 6. The molecule has 0 heterocycles. The van der Waals surface area contributed by atoms with Crippen molar-refractivity contribution in [2.45, 2.75) is 61.6 Å². The third-order valence-electron chi connectivity index (χ3n) is 4.52. The molecule has 1 fully saturated rings. The summed E-state index contributed by atoms with van der Waals surface area (Å²) in [5, 5.41) is -0.429. The van der Waals surface area contributed by atoms with Gasteiger partial charge >= 0.3 is 5.97 Å². The fraction of sp³-hybridized carbons (Fsp3) is 0.611. The Hall–Kier alpha value is -0.780. The first-order chi connectivity index (χ1) is 11.7. The van der Waals surface area contributed by atoms with Gasteiger partial charge in [-0.3, -0.25) is 4.79 Å². The largest absolute Gasteiger partial charge is 0.465 e. The molecule has 0 aromatic heterocycles. The van der Waals surface area contributed by atoms with Crippen LogP contribution in [0.5, 0.6) is 0 Å². The Morgan fingerprint density at radius 3 is 2.48 bits per heavy atom. The number of benzene rings is 1. The van der Waals surface area contributed by atoms with Gasteiger partial charge in [0.25, 0.3) is 0 Å². The van der Waals surface area contributed by atoms with Crippen molar-refractivity contribution in [3.63, 3.8) is 0 Å². The van der Waals surface area contributed by atoms with E-state index in [4.69, 9.17) is 27.9 Å². The molecule has 0 aliphatic heterocycles. The molecule has 25 heavy (non-hydrogen) atoms. The molecule has 0 N–H and O–H groups in total. The fourth-order valence-corrected chi connectivity index (χ4v) is 5.12. The van der Waals surface area contributed by atoms with Crippen LogP contribution in [0.1, 0.15) is 56.1 Å². The number of esters is 1. The van der Waals surface area contributed by atoms with Crippen molar-refractivity contribution in [2.75, 3.05) is 12.9 Å². The molecule has 0 amide bonds. The maximum atomic E-state index is 12.3. The van der Waals surface area contributed by atoms with Gasteiger partial charge in [-0.1, -0.05) is 30.9 Å². The molecule has 1 aromatic carbocycles. The zero-order valence-electron chi connectivity index (χ0n) is 14.6. The van der Waals surface area contributed by atoms with Crippen LogP contribution in [0.3, 0.4) is 0 Å². The van der Waals surface area contributed by atoms with E-state index in [2.05, 4.69) is 0 Å². The first kappa shape index (κ1) is 20.5. The predicted octanol–water partition coefficient (Wildman–Crippen LogP) is 4.50. The molecule has 1 aromatic rings. The van der Waals surface area contributed by atoms with Crippen molar-refractivity contribution in [3.8, 4) is 0 Å². The van der Waals surface area contributed by atoms with E-state index in [9.17, 15) is 13.2 Å². The summed E-state index contributed by atoms with van der Waals surface area (Å²) in [6, 6.07) is 3.34. The number of carbonyl (C=O) groups excluding carboxylic acids is 1. The minimum absolute atomic E-state index is 0.164. The maximum absolute atomic E-state index is 12.3. The summed E-state index contributed by atoms with van der Waals surface area (Å²) in [5.74, 6) is -0.352. The minimum atomic E-state index is -3.44. The Morgan fingerprint density at radius 2 is 1.92 bits per heavy atom. The third kappa shape index (κ3) is 5.35. The van der Waals surface area contributed by atoms with Crippen LogP contribution >= 0.6 is 23.2 Å². The molecule has 1 aliphatic carbocycles. The van der Waals surface area contributed by atoms with E-state index >= 15 is 0 Å². The van der Waals surface area contributed by atoms with Crippen LogP contribution in [-0.2, 0) is 25.8 Å². The normalized spacial score (nSPS) is 17.3. The van der Waals surface area contributed by atoms with Gasteiger partial charge in [-0.2, -0.15) is 0 Å². The van der Waals surface area contributed by atoms with Crippen LogP contribution in [0.2, 0.25) is 5.02 Å². The zero-order chi connectivity index (χ0) is 18.6. The van der Waals surface area contributed by atoms with Gasteiger partial charge < -0.3 is 4.74 Å². The monoisotopic (exact) mass is 406 g/mol. The highest BCUT2D eigenvalue weighted by Gasteiger charge is 2.27. The van der Waals surface area contributed by atoms with Crippen LogP contribution < -0.4 is 0 Å². The molecule has 1 unspecified atom stereocenters. The number of hydrogen-bond acceptors (Lipinski definition) is 4. The summed E-state index contributed by atoms with van der Waals surface area (Å²) in [7, 11) is -3.44. The molecule has 0 radical (unpaired) electrons. The van der Waals surface area contributed by atoms with Gasteiger partial charge in [0, 0.05) is 11.3 Å². The van der Waals surface area contributed by atoms with E-state index in [0.717, 1.165) is 31.2 Å². The minimum Gasteiger partial charge on any atom is -0.465 e. The number of sulfone groups is 1. The number of alkyl halides is 1. The average molecular weight is 407 g/mol. The molecule has 0 bridgehead atoms. The number of halogens is 2. The molecule has 7 heteroatoms. The first-order valence-corrected chi connectivity index (χ1v) is 11.3. The Bertz CT molecular complexity index is 725. The van der Waals surface area contributed by atoms with E-state index < -0.39 is 21.2 Å². The average Bonchev–Trinajstić information content (AvgIpc) is 2.54. The van der Waals surface area contributed by atoms with Gasteiger partial charge in [-0.25, -0.2) is 8.42 Å². The second-order valence-electron chi connectivity index (χ2n) is 6.52. The molecule has 2 rings (SSSR count). The highest BCUT2D eigenvalue weighted by atomic mass is 35.5. The Balaban J connectivity index is 2.38. The fourth-order valence-electron chi connectivity index (χ4n) is 3.38. The van der Waals surface area contributed by atoms with Crippen molar-refractivity contribution in [1.82, 2.24) is 0 Å². The molecule has 4 nitrogen and oxygen atoms in total. The van der Waals surface area contributed by atoms with Gasteiger partial charge in [0.2, 0.25) is 0 Å². The summed E-state index contributed by atoms with van der Waals surface area (Å²) < 4.78 is 29.6. The molecule has 140 valence electrons. The molecular formula is C18H24Cl2O4S. The number of ether oxygens (including phenoxy) is 1. The lowest BCUT2D eigenvalue weighted by atomic mass is 9.83. The summed E-state index contributed by atoms with van der Waals surface area (Å²) in [6.07, 6.45) is 6.60. The smallest absolute Gasteiger partial charge is 0.324 e. The lowest BCUT2D eigenvalue weighted by Gasteiger charge is -2.25. The lowest BCUT2D eigenvalue weighted by Crippen LogP contribution is -2.20. The quantitative estimate of drug-likeness (QED) is 0.515. The summed E-state index contributed by atoms with van der Waals surface area (Å²) >= 11 is 12.6. The summed E-state index contributed by atoms with van der Waals surface area (Å²) in [5.41, 5.74) is 1.34. The van der Waals surface area contributed by atoms with E-state index in [-0.39, 0.29) is 23.8 Å². The van der Waals surface area contributed by atoms with Gasteiger partial charge in [-0.15, -0.1) is 11.6 Å². The van der Waals surface area contributed by atoms with Crippen molar-refractivity contribution in [2.24, 2.45) is 0 Å². The molecule has 0 saturated heterocycles. The third-order valence-corrected chi connectivity index (χ3v) is 6.30. The Kier molecular flexibility index (Phi) is 7.18. The standard InChI is InChI=1S/C18H24Cl2O4S/c1-3-24-18(21)15(20)10-12-9-14(19)17(13-7-5-4-6-8-13)16(11-12)25(2,22)23/h9,11,13,15H,3-8,10H2,1-2H3.